The van der Waals surface area contributed by atoms with E-state index in [1.807, 2.05) is 13.0 Å². The van der Waals surface area contributed by atoms with Crippen molar-refractivity contribution in [3.8, 4) is 6.07 Å². The van der Waals surface area contributed by atoms with Gasteiger partial charge in [0, 0.05) is 6.07 Å². The Morgan fingerprint density at radius 3 is 3.08 bits per heavy atom. The molecule has 1 aromatic rings. The number of nitrogens with zero attached hydrogens (tertiary/aromatic N) is 2. The number of hydrogen-bond acceptors (Lipinski definition) is 4. The molecule has 1 unspecified atom stereocenters. The third kappa shape index (κ3) is 2.36. The molecule has 64 valence electrons. The van der Waals surface area contributed by atoms with Crippen LogP contribution in [-0.2, 0) is 6.54 Å². The Hall–Kier alpha value is -1.34. The average Bonchev–Trinajstić information content (AvgIpc) is 2.47. The predicted octanol–water partition coefficient (Wildman–Crippen LogP) is 0.985. The van der Waals surface area contributed by atoms with E-state index in [0.29, 0.717) is 6.54 Å². The van der Waals surface area contributed by atoms with Crippen LogP contribution in [0.15, 0.2) is 10.6 Å². The maximum Gasteiger partial charge on any atom is 0.150 e. The fourth-order valence-electron chi connectivity index (χ4n) is 0.799. The molecule has 0 saturated heterocycles. The minimum Gasteiger partial charge on any atom is -0.360 e. The lowest BCUT2D eigenvalue weighted by Crippen LogP contribution is -2.23. The second kappa shape index (κ2) is 3.88. The van der Waals surface area contributed by atoms with Crippen LogP contribution in [0.1, 0.15) is 18.4 Å². The summed E-state index contributed by atoms with van der Waals surface area (Å²) in [7, 11) is 0. The SMILES string of the molecule is Cc1cc(CNC(C)C#N)on1. The van der Waals surface area contributed by atoms with Gasteiger partial charge < -0.3 is 4.52 Å². The molecule has 1 heterocycles. The topological polar surface area (TPSA) is 61.9 Å². The van der Waals surface area contributed by atoms with E-state index in [1.165, 1.54) is 0 Å². The first-order chi connectivity index (χ1) is 5.72. The highest BCUT2D eigenvalue weighted by Crippen LogP contribution is 2.01. The van der Waals surface area contributed by atoms with Crippen LogP contribution in [0, 0.1) is 18.3 Å². The Morgan fingerprint density at radius 2 is 2.58 bits per heavy atom. The van der Waals surface area contributed by atoms with Gasteiger partial charge in [0.1, 0.15) is 0 Å². The van der Waals surface area contributed by atoms with Gasteiger partial charge in [0.15, 0.2) is 5.76 Å². The minimum atomic E-state index is -0.157. The normalized spacial score (nSPS) is 12.4. The van der Waals surface area contributed by atoms with Gasteiger partial charge in [-0.3, -0.25) is 5.32 Å². The molecule has 0 saturated carbocycles. The Labute approximate surface area is 71.2 Å². The van der Waals surface area contributed by atoms with Crippen molar-refractivity contribution < 1.29 is 4.52 Å². The fraction of sp³-hybridized carbons (Fsp3) is 0.500. The highest BCUT2D eigenvalue weighted by Gasteiger charge is 2.02. The molecule has 0 aliphatic heterocycles. The summed E-state index contributed by atoms with van der Waals surface area (Å²) in [6.45, 7) is 4.21. The first-order valence-electron chi connectivity index (χ1n) is 3.77. The smallest absolute Gasteiger partial charge is 0.150 e. The van der Waals surface area contributed by atoms with Crippen molar-refractivity contribution in [2.24, 2.45) is 0 Å². The second-order valence-electron chi connectivity index (χ2n) is 2.67. The van der Waals surface area contributed by atoms with Crippen molar-refractivity contribution in [1.29, 1.82) is 5.26 Å². The van der Waals surface area contributed by atoms with Crippen molar-refractivity contribution in [3.05, 3.63) is 17.5 Å². The van der Waals surface area contributed by atoms with Gasteiger partial charge in [-0.15, -0.1) is 0 Å². The van der Waals surface area contributed by atoms with Crippen molar-refractivity contribution in [3.63, 3.8) is 0 Å². The van der Waals surface area contributed by atoms with E-state index in [4.69, 9.17) is 9.78 Å². The number of aryl methyl sites for hydroxylation is 1. The minimum absolute atomic E-state index is 0.157. The summed E-state index contributed by atoms with van der Waals surface area (Å²) in [5.74, 6) is 0.759. The van der Waals surface area contributed by atoms with Gasteiger partial charge in [-0.2, -0.15) is 5.26 Å². The van der Waals surface area contributed by atoms with Crippen LogP contribution < -0.4 is 5.32 Å². The molecule has 0 radical (unpaired) electrons. The standard InChI is InChI=1S/C8H11N3O/c1-6-3-8(12-11-6)5-10-7(2)4-9/h3,7,10H,5H2,1-2H3. The van der Waals surface area contributed by atoms with Gasteiger partial charge in [-0.05, 0) is 13.8 Å². The van der Waals surface area contributed by atoms with Crippen LogP contribution in [0.2, 0.25) is 0 Å². The predicted molar refractivity (Wildman–Crippen MR) is 43.2 cm³/mol. The Morgan fingerprint density at radius 1 is 1.83 bits per heavy atom. The lowest BCUT2D eigenvalue weighted by molar-refractivity contribution is 0.367. The molecular formula is C8H11N3O. The molecule has 4 heteroatoms. The summed E-state index contributed by atoms with van der Waals surface area (Å²) in [5.41, 5.74) is 0.858. The van der Waals surface area contributed by atoms with Crippen LogP contribution in [0.5, 0.6) is 0 Å². The van der Waals surface area contributed by atoms with Gasteiger partial charge in [-0.25, -0.2) is 0 Å². The lowest BCUT2D eigenvalue weighted by Gasteiger charge is -2.01. The molecule has 1 atom stereocenters. The van der Waals surface area contributed by atoms with Crippen molar-refractivity contribution in [1.82, 2.24) is 10.5 Å². The second-order valence-corrected chi connectivity index (χ2v) is 2.67. The summed E-state index contributed by atoms with van der Waals surface area (Å²) >= 11 is 0. The van der Waals surface area contributed by atoms with Crippen molar-refractivity contribution in [2.45, 2.75) is 26.4 Å². The number of nitriles is 1. The average molecular weight is 165 g/mol. The highest BCUT2D eigenvalue weighted by atomic mass is 16.5. The number of rotatable bonds is 3. The molecular weight excluding hydrogens is 154 g/mol. The Kier molecular flexibility index (Phi) is 2.83. The van der Waals surface area contributed by atoms with Crippen LogP contribution in [0.3, 0.4) is 0 Å². The maximum atomic E-state index is 8.46. The van der Waals surface area contributed by atoms with E-state index in [9.17, 15) is 0 Å². The van der Waals surface area contributed by atoms with Crippen molar-refractivity contribution >= 4 is 0 Å². The summed E-state index contributed by atoms with van der Waals surface area (Å²) in [6.07, 6.45) is 0. The molecule has 1 aromatic heterocycles. The summed E-state index contributed by atoms with van der Waals surface area (Å²) in [4.78, 5) is 0. The summed E-state index contributed by atoms with van der Waals surface area (Å²) in [5, 5.41) is 15.1. The largest absolute Gasteiger partial charge is 0.360 e. The van der Waals surface area contributed by atoms with E-state index in [0.717, 1.165) is 11.5 Å². The fourth-order valence-corrected chi connectivity index (χ4v) is 0.799. The first kappa shape index (κ1) is 8.75. The van der Waals surface area contributed by atoms with E-state index >= 15 is 0 Å². The lowest BCUT2D eigenvalue weighted by atomic mass is 10.3. The zero-order valence-electron chi connectivity index (χ0n) is 7.16. The monoisotopic (exact) mass is 165 g/mol. The number of nitrogens with one attached hydrogen (secondary N) is 1. The van der Waals surface area contributed by atoms with Gasteiger partial charge in [0.25, 0.3) is 0 Å². The summed E-state index contributed by atoms with van der Waals surface area (Å²) in [6, 6.07) is 3.76. The molecule has 12 heavy (non-hydrogen) atoms. The molecule has 0 bridgehead atoms. The molecule has 0 aliphatic rings. The van der Waals surface area contributed by atoms with E-state index in [2.05, 4.69) is 16.5 Å². The molecule has 1 rings (SSSR count). The van der Waals surface area contributed by atoms with E-state index < -0.39 is 0 Å². The third-order valence-electron chi connectivity index (χ3n) is 1.45. The zero-order chi connectivity index (χ0) is 8.97. The Bertz CT molecular complexity index is 287. The molecule has 0 aromatic carbocycles. The molecule has 1 N–H and O–H groups in total. The molecule has 0 fully saturated rings. The molecule has 0 aliphatic carbocycles. The van der Waals surface area contributed by atoms with Gasteiger partial charge in [-0.1, -0.05) is 5.16 Å². The van der Waals surface area contributed by atoms with Crippen LogP contribution in [0.25, 0.3) is 0 Å². The molecule has 0 spiro atoms. The molecule has 4 nitrogen and oxygen atoms in total. The maximum absolute atomic E-state index is 8.46. The van der Waals surface area contributed by atoms with Crippen molar-refractivity contribution in [2.75, 3.05) is 0 Å². The van der Waals surface area contributed by atoms with Crippen LogP contribution in [-0.4, -0.2) is 11.2 Å². The van der Waals surface area contributed by atoms with Gasteiger partial charge in [0.2, 0.25) is 0 Å². The van der Waals surface area contributed by atoms with E-state index in [1.54, 1.807) is 6.92 Å². The quantitative estimate of drug-likeness (QED) is 0.725. The summed E-state index contributed by atoms with van der Waals surface area (Å²) < 4.78 is 4.94. The third-order valence-corrected chi connectivity index (χ3v) is 1.45. The van der Waals surface area contributed by atoms with Gasteiger partial charge in [0.05, 0.1) is 24.3 Å². The van der Waals surface area contributed by atoms with Gasteiger partial charge >= 0.3 is 0 Å². The van der Waals surface area contributed by atoms with Crippen LogP contribution >= 0.6 is 0 Å². The Balaban J connectivity index is 2.39. The first-order valence-corrected chi connectivity index (χ1v) is 3.77. The van der Waals surface area contributed by atoms with Crippen LogP contribution in [0.4, 0.5) is 0 Å². The number of aromatic nitrogens is 1. The van der Waals surface area contributed by atoms with E-state index in [-0.39, 0.29) is 6.04 Å². The molecule has 0 amide bonds. The number of hydrogen-bond donors (Lipinski definition) is 1. The zero-order valence-corrected chi connectivity index (χ0v) is 7.16. The highest BCUT2D eigenvalue weighted by molar-refractivity contribution is 5.03.